The number of aromatic nitrogens is 1. The molecule has 0 unspecified atom stereocenters. The summed E-state index contributed by atoms with van der Waals surface area (Å²) in [5, 5.41) is 0.656. The van der Waals surface area contributed by atoms with Crippen molar-refractivity contribution in [3.63, 3.8) is 0 Å². The Kier molecular flexibility index (Phi) is 8.05. The first kappa shape index (κ1) is 24.9. The van der Waals surface area contributed by atoms with Crippen LogP contribution in [0.4, 0.5) is 0 Å². The minimum absolute atomic E-state index is 0.0477. The van der Waals surface area contributed by atoms with Crippen LogP contribution in [-0.4, -0.2) is 52.2 Å². The summed E-state index contributed by atoms with van der Waals surface area (Å²) in [6, 6.07) is 7.82. The van der Waals surface area contributed by atoms with Crippen LogP contribution in [0, 0.1) is 19.8 Å². The van der Waals surface area contributed by atoms with E-state index in [0.717, 1.165) is 60.9 Å². The standard InChI is InChI=1S/C28H36ClN3O2/c1-19-7-9-23(16-30-19)27(33)15-24-13-26(29)14-25(21(24)3)18-31-11-12-32(20(2)17-31)28(34)10-8-22-5-4-6-22/h7,9,13-14,16,20,22H,4-6,8,10-12,15,17-18H2,1-3H3/t20-/m0/s1. The lowest BCUT2D eigenvalue weighted by molar-refractivity contribution is -0.136. The van der Waals surface area contributed by atoms with E-state index in [9.17, 15) is 9.59 Å². The fourth-order valence-corrected chi connectivity index (χ4v) is 5.36. The lowest BCUT2D eigenvalue weighted by Gasteiger charge is -2.40. The molecular weight excluding hydrogens is 446 g/mol. The maximum atomic E-state index is 12.8. The molecule has 34 heavy (non-hydrogen) atoms. The van der Waals surface area contributed by atoms with E-state index >= 15 is 0 Å². The molecular formula is C28H36ClN3O2. The third-order valence-corrected chi connectivity index (χ3v) is 7.81. The van der Waals surface area contributed by atoms with Gasteiger partial charge < -0.3 is 4.90 Å². The maximum Gasteiger partial charge on any atom is 0.222 e. The molecule has 0 bridgehead atoms. The number of hydrogen-bond donors (Lipinski definition) is 0. The Bertz CT molecular complexity index is 1030. The largest absolute Gasteiger partial charge is 0.337 e. The molecule has 2 aliphatic rings. The average molecular weight is 482 g/mol. The van der Waals surface area contributed by atoms with Crippen LogP contribution in [0.2, 0.25) is 5.02 Å². The fourth-order valence-electron chi connectivity index (χ4n) is 5.09. The molecule has 2 fully saturated rings. The number of ketones is 1. The van der Waals surface area contributed by atoms with Crippen LogP contribution in [-0.2, 0) is 17.8 Å². The van der Waals surface area contributed by atoms with Gasteiger partial charge in [0.1, 0.15) is 0 Å². The Labute approximate surface area is 208 Å². The summed E-state index contributed by atoms with van der Waals surface area (Å²) >= 11 is 6.47. The van der Waals surface area contributed by atoms with Gasteiger partial charge in [-0.15, -0.1) is 0 Å². The summed E-state index contributed by atoms with van der Waals surface area (Å²) in [5.41, 5.74) is 4.75. The smallest absolute Gasteiger partial charge is 0.222 e. The van der Waals surface area contributed by atoms with Crippen LogP contribution < -0.4 is 0 Å². The summed E-state index contributed by atoms with van der Waals surface area (Å²) in [4.78, 5) is 34.3. The van der Waals surface area contributed by atoms with Gasteiger partial charge in [0.05, 0.1) is 0 Å². The third-order valence-electron chi connectivity index (χ3n) is 7.59. The highest BCUT2D eigenvalue weighted by Crippen LogP contribution is 2.31. The Morgan fingerprint density at radius 3 is 2.53 bits per heavy atom. The maximum absolute atomic E-state index is 12.8. The summed E-state index contributed by atoms with van der Waals surface area (Å²) < 4.78 is 0. The summed E-state index contributed by atoms with van der Waals surface area (Å²) in [6.07, 6.45) is 7.62. The molecule has 0 N–H and O–H groups in total. The van der Waals surface area contributed by atoms with Crippen molar-refractivity contribution in [2.24, 2.45) is 5.92 Å². The number of amides is 1. The number of halogens is 1. The SMILES string of the molecule is Cc1ccc(C(=O)Cc2cc(Cl)cc(CN3CCN(C(=O)CCC4CCC4)[C@@H](C)C3)c2C)cn1. The highest BCUT2D eigenvalue weighted by molar-refractivity contribution is 6.30. The number of benzene rings is 1. The van der Waals surface area contributed by atoms with E-state index in [-0.39, 0.29) is 11.8 Å². The van der Waals surface area contributed by atoms with Crippen molar-refractivity contribution in [2.45, 2.75) is 71.9 Å². The Morgan fingerprint density at radius 1 is 1.12 bits per heavy atom. The van der Waals surface area contributed by atoms with Gasteiger partial charge in [0, 0.05) is 67.5 Å². The molecule has 182 valence electrons. The predicted molar refractivity (Wildman–Crippen MR) is 136 cm³/mol. The number of nitrogens with zero attached hydrogens (tertiary/aromatic N) is 3. The van der Waals surface area contributed by atoms with Gasteiger partial charge in [0.15, 0.2) is 5.78 Å². The molecule has 5 nitrogen and oxygen atoms in total. The molecule has 4 rings (SSSR count). The van der Waals surface area contributed by atoms with Gasteiger partial charge in [-0.1, -0.05) is 30.9 Å². The first-order valence-corrected chi connectivity index (χ1v) is 12.9. The lowest BCUT2D eigenvalue weighted by atomic mass is 9.82. The number of aryl methyl sites for hydroxylation is 1. The average Bonchev–Trinajstić information content (AvgIpc) is 2.76. The zero-order valence-corrected chi connectivity index (χ0v) is 21.4. The van der Waals surface area contributed by atoms with Crippen LogP contribution in [0.15, 0.2) is 30.5 Å². The molecule has 1 aromatic heterocycles. The molecule has 0 spiro atoms. The molecule has 1 aromatic carbocycles. The van der Waals surface area contributed by atoms with E-state index in [4.69, 9.17) is 11.6 Å². The number of piperazine rings is 1. The van der Waals surface area contributed by atoms with Gasteiger partial charge in [-0.25, -0.2) is 0 Å². The van der Waals surface area contributed by atoms with E-state index < -0.39 is 0 Å². The molecule has 6 heteroatoms. The van der Waals surface area contributed by atoms with Crippen LogP contribution in [0.1, 0.15) is 71.8 Å². The summed E-state index contributed by atoms with van der Waals surface area (Å²) in [6.45, 7) is 9.39. The van der Waals surface area contributed by atoms with Crippen LogP contribution in [0.25, 0.3) is 0 Å². The van der Waals surface area contributed by atoms with Crippen molar-refractivity contribution in [1.29, 1.82) is 0 Å². The minimum Gasteiger partial charge on any atom is -0.337 e. The predicted octanol–water partition coefficient (Wildman–Crippen LogP) is 5.39. The quantitative estimate of drug-likeness (QED) is 0.474. The Morgan fingerprint density at radius 2 is 1.88 bits per heavy atom. The Hall–Kier alpha value is -2.24. The second-order valence-corrected chi connectivity index (χ2v) is 10.6. The number of carbonyl (C=O) groups is 2. The van der Waals surface area contributed by atoms with Gasteiger partial charge >= 0.3 is 0 Å². The number of pyridine rings is 1. The molecule has 1 saturated heterocycles. The molecule has 1 amide bonds. The van der Waals surface area contributed by atoms with E-state index in [1.807, 2.05) is 31.2 Å². The van der Waals surface area contributed by atoms with Crippen LogP contribution in [0.3, 0.4) is 0 Å². The van der Waals surface area contributed by atoms with E-state index in [1.54, 1.807) is 6.20 Å². The zero-order chi connectivity index (χ0) is 24.2. The molecule has 1 aliphatic carbocycles. The van der Waals surface area contributed by atoms with Crippen molar-refractivity contribution in [1.82, 2.24) is 14.8 Å². The normalized spacial score (nSPS) is 19.2. The van der Waals surface area contributed by atoms with Crippen molar-refractivity contribution < 1.29 is 9.59 Å². The zero-order valence-electron chi connectivity index (χ0n) is 20.6. The van der Waals surface area contributed by atoms with Gasteiger partial charge in [-0.2, -0.15) is 0 Å². The highest BCUT2D eigenvalue weighted by atomic mass is 35.5. The monoisotopic (exact) mass is 481 g/mol. The third kappa shape index (κ3) is 6.05. The van der Waals surface area contributed by atoms with E-state index in [0.29, 0.717) is 29.3 Å². The summed E-state index contributed by atoms with van der Waals surface area (Å²) in [7, 11) is 0. The molecule has 2 heterocycles. The van der Waals surface area contributed by atoms with E-state index in [1.165, 1.54) is 19.3 Å². The van der Waals surface area contributed by atoms with Gasteiger partial charge in [-0.3, -0.25) is 19.5 Å². The molecule has 2 aromatic rings. The van der Waals surface area contributed by atoms with Crippen molar-refractivity contribution >= 4 is 23.3 Å². The lowest BCUT2D eigenvalue weighted by Crippen LogP contribution is -2.53. The van der Waals surface area contributed by atoms with Crippen molar-refractivity contribution in [2.75, 3.05) is 19.6 Å². The first-order valence-electron chi connectivity index (χ1n) is 12.6. The topological polar surface area (TPSA) is 53.5 Å². The minimum atomic E-state index is 0.0477. The molecule has 0 radical (unpaired) electrons. The highest BCUT2D eigenvalue weighted by Gasteiger charge is 2.28. The first-order chi connectivity index (χ1) is 16.3. The van der Waals surface area contributed by atoms with E-state index in [2.05, 4.69) is 28.6 Å². The Balaban J connectivity index is 1.37. The van der Waals surface area contributed by atoms with Gasteiger partial charge in [-0.05, 0) is 74.1 Å². The second-order valence-electron chi connectivity index (χ2n) is 10.1. The van der Waals surface area contributed by atoms with Gasteiger partial charge in [0.25, 0.3) is 0 Å². The van der Waals surface area contributed by atoms with Crippen LogP contribution >= 0.6 is 11.6 Å². The number of hydrogen-bond acceptors (Lipinski definition) is 4. The van der Waals surface area contributed by atoms with Crippen molar-refractivity contribution in [3.05, 3.63) is 63.4 Å². The van der Waals surface area contributed by atoms with Crippen molar-refractivity contribution in [3.8, 4) is 0 Å². The molecule has 1 aliphatic heterocycles. The number of carbonyl (C=O) groups excluding carboxylic acids is 2. The fraction of sp³-hybridized carbons (Fsp3) is 0.536. The van der Waals surface area contributed by atoms with Gasteiger partial charge in [0.2, 0.25) is 5.91 Å². The molecule has 1 saturated carbocycles. The summed E-state index contributed by atoms with van der Waals surface area (Å²) in [5.74, 6) is 1.13. The second kappa shape index (κ2) is 11.0. The molecule has 1 atom stereocenters. The van der Waals surface area contributed by atoms with Crippen LogP contribution in [0.5, 0.6) is 0 Å². The number of rotatable bonds is 8. The number of Topliss-reactive ketones (excluding diaryl/α,β-unsaturated/α-hetero) is 1.